The molecule has 2 unspecified atom stereocenters. The number of rotatable bonds is 7. The molecule has 0 aromatic carbocycles. The van der Waals surface area contributed by atoms with Crippen molar-refractivity contribution < 1.29 is 8.95 Å². The van der Waals surface area contributed by atoms with Crippen LogP contribution in [0.5, 0.6) is 0 Å². The quantitative estimate of drug-likeness (QED) is 0.594. The van der Waals surface area contributed by atoms with Gasteiger partial charge in [0.05, 0.1) is 6.61 Å². The summed E-state index contributed by atoms with van der Waals surface area (Å²) in [5.74, 6) is 0.779. The van der Waals surface area contributed by atoms with Gasteiger partial charge in [-0.15, -0.1) is 0 Å². The first-order valence-corrected chi connectivity index (χ1v) is 5.92. The maximum Gasteiger partial charge on any atom is 0.0587 e. The van der Waals surface area contributed by atoms with E-state index in [1.54, 1.807) is 13.4 Å². The minimum atomic E-state index is -0.665. The van der Waals surface area contributed by atoms with E-state index in [1.165, 1.54) is 0 Å². The molecule has 0 aromatic heterocycles. The molecule has 74 valence electrons. The third-order valence-electron chi connectivity index (χ3n) is 1.64. The van der Waals surface area contributed by atoms with Gasteiger partial charge in [-0.3, -0.25) is 4.21 Å². The fourth-order valence-electron chi connectivity index (χ4n) is 0.852. The van der Waals surface area contributed by atoms with Crippen molar-refractivity contribution in [1.82, 2.24) is 5.32 Å². The van der Waals surface area contributed by atoms with Crippen molar-refractivity contribution in [2.24, 2.45) is 0 Å². The lowest BCUT2D eigenvalue weighted by molar-refractivity contribution is 0.196. The molecular formula is C8H19NO2S. The fraction of sp³-hybridized carbons (Fsp3) is 1.00. The van der Waals surface area contributed by atoms with Gasteiger partial charge in [-0.05, 0) is 13.3 Å². The van der Waals surface area contributed by atoms with Crippen LogP contribution in [-0.4, -0.2) is 42.5 Å². The molecular weight excluding hydrogens is 174 g/mol. The van der Waals surface area contributed by atoms with E-state index in [1.807, 2.05) is 0 Å². The molecule has 0 aromatic rings. The highest BCUT2D eigenvalue weighted by atomic mass is 32.2. The zero-order chi connectivity index (χ0) is 9.40. The van der Waals surface area contributed by atoms with Crippen molar-refractivity contribution in [2.75, 3.05) is 32.3 Å². The molecule has 1 N–H and O–H groups in total. The Kier molecular flexibility index (Phi) is 7.75. The number of methoxy groups -OCH3 is 1. The summed E-state index contributed by atoms with van der Waals surface area (Å²) in [5, 5.41) is 3.28. The number of ether oxygens (including phenoxy) is 1. The third kappa shape index (κ3) is 8.17. The lowest BCUT2D eigenvalue weighted by Crippen LogP contribution is -2.30. The van der Waals surface area contributed by atoms with Crippen LogP contribution in [0.2, 0.25) is 0 Å². The zero-order valence-corrected chi connectivity index (χ0v) is 8.95. The molecule has 3 nitrogen and oxygen atoms in total. The molecule has 0 rings (SSSR count). The standard InChI is InChI=1S/C8H19NO2S/c1-8(4-7-12(3)10)9-5-6-11-2/h8-9H,4-7H2,1-3H3. The first-order chi connectivity index (χ1) is 5.66. The van der Waals surface area contributed by atoms with E-state index in [9.17, 15) is 4.21 Å². The van der Waals surface area contributed by atoms with Crippen LogP contribution in [-0.2, 0) is 15.5 Å². The van der Waals surface area contributed by atoms with Crippen molar-refractivity contribution in [2.45, 2.75) is 19.4 Å². The second-order valence-corrected chi connectivity index (χ2v) is 4.47. The Bertz CT molecular complexity index is 130. The summed E-state index contributed by atoms with van der Waals surface area (Å²) in [6.45, 7) is 3.70. The van der Waals surface area contributed by atoms with Crippen molar-refractivity contribution in [3.63, 3.8) is 0 Å². The van der Waals surface area contributed by atoms with Gasteiger partial charge in [-0.1, -0.05) is 0 Å². The predicted octanol–water partition coefficient (Wildman–Crippen LogP) is 0.379. The molecule has 0 saturated heterocycles. The zero-order valence-electron chi connectivity index (χ0n) is 8.13. The van der Waals surface area contributed by atoms with Gasteiger partial charge in [-0.25, -0.2) is 0 Å². The number of hydrogen-bond donors (Lipinski definition) is 1. The Hall–Kier alpha value is 0.0700. The molecule has 0 radical (unpaired) electrons. The minimum absolute atomic E-state index is 0.434. The predicted molar refractivity (Wildman–Crippen MR) is 52.9 cm³/mol. The first-order valence-electron chi connectivity index (χ1n) is 4.19. The van der Waals surface area contributed by atoms with E-state index >= 15 is 0 Å². The number of nitrogens with one attached hydrogen (secondary N) is 1. The van der Waals surface area contributed by atoms with E-state index < -0.39 is 10.8 Å². The maximum absolute atomic E-state index is 10.7. The van der Waals surface area contributed by atoms with E-state index in [0.717, 1.165) is 25.3 Å². The average molecular weight is 193 g/mol. The van der Waals surface area contributed by atoms with Gasteiger partial charge in [0.2, 0.25) is 0 Å². The molecule has 0 aliphatic rings. The van der Waals surface area contributed by atoms with Crippen LogP contribution in [0.15, 0.2) is 0 Å². The van der Waals surface area contributed by atoms with Gasteiger partial charge in [0.25, 0.3) is 0 Å². The van der Waals surface area contributed by atoms with Crippen molar-refractivity contribution in [3.05, 3.63) is 0 Å². The molecule has 12 heavy (non-hydrogen) atoms. The van der Waals surface area contributed by atoms with Gasteiger partial charge in [0.1, 0.15) is 0 Å². The molecule has 0 heterocycles. The van der Waals surface area contributed by atoms with Crippen molar-refractivity contribution in [3.8, 4) is 0 Å². The van der Waals surface area contributed by atoms with E-state index in [-0.39, 0.29) is 0 Å². The Balaban J connectivity index is 3.21. The monoisotopic (exact) mass is 193 g/mol. The smallest absolute Gasteiger partial charge is 0.0587 e. The van der Waals surface area contributed by atoms with Gasteiger partial charge in [-0.2, -0.15) is 0 Å². The van der Waals surface area contributed by atoms with Crippen LogP contribution in [0, 0.1) is 0 Å². The van der Waals surface area contributed by atoms with Crippen LogP contribution in [0.4, 0.5) is 0 Å². The molecule has 0 saturated carbocycles. The third-order valence-corrected chi connectivity index (χ3v) is 2.45. The molecule has 4 heteroatoms. The van der Waals surface area contributed by atoms with Crippen LogP contribution in [0.3, 0.4) is 0 Å². The summed E-state index contributed by atoms with van der Waals surface area (Å²) in [5.41, 5.74) is 0. The fourth-order valence-corrected chi connectivity index (χ4v) is 1.54. The van der Waals surface area contributed by atoms with E-state index in [4.69, 9.17) is 4.74 Å². The normalized spacial score (nSPS) is 15.9. The Morgan fingerprint density at radius 2 is 2.25 bits per heavy atom. The molecule has 0 aliphatic heterocycles. The van der Waals surface area contributed by atoms with Crippen LogP contribution >= 0.6 is 0 Å². The van der Waals surface area contributed by atoms with Gasteiger partial charge >= 0.3 is 0 Å². The van der Waals surface area contributed by atoms with E-state index in [0.29, 0.717) is 6.04 Å². The van der Waals surface area contributed by atoms with Crippen LogP contribution < -0.4 is 5.32 Å². The van der Waals surface area contributed by atoms with E-state index in [2.05, 4.69) is 12.2 Å². The lowest BCUT2D eigenvalue weighted by Gasteiger charge is -2.11. The van der Waals surface area contributed by atoms with Gasteiger partial charge < -0.3 is 10.1 Å². The van der Waals surface area contributed by atoms with Crippen LogP contribution in [0.1, 0.15) is 13.3 Å². The minimum Gasteiger partial charge on any atom is -0.383 e. The summed E-state index contributed by atoms with van der Waals surface area (Å²) in [6, 6.07) is 0.434. The summed E-state index contributed by atoms with van der Waals surface area (Å²) < 4.78 is 15.6. The van der Waals surface area contributed by atoms with Crippen molar-refractivity contribution >= 4 is 10.8 Å². The SMILES string of the molecule is COCCNC(C)CCS(C)=O. The molecule has 0 aliphatic carbocycles. The maximum atomic E-state index is 10.7. The highest BCUT2D eigenvalue weighted by molar-refractivity contribution is 7.84. The Labute approximate surface area is 77.3 Å². The first kappa shape index (κ1) is 12.1. The molecule has 0 amide bonds. The van der Waals surface area contributed by atoms with Crippen molar-refractivity contribution in [1.29, 1.82) is 0 Å². The molecule has 0 bridgehead atoms. The summed E-state index contributed by atoms with van der Waals surface area (Å²) in [4.78, 5) is 0. The highest BCUT2D eigenvalue weighted by Crippen LogP contribution is 1.91. The molecule has 2 atom stereocenters. The average Bonchev–Trinajstić information content (AvgIpc) is 2.01. The van der Waals surface area contributed by atoms with Crippen LogP contribution in [0.25, 0.3) is 0 Å². The van der Waals surface area contributed by atoms with Gasteiger partial charge in [0.15, 0.2) is 0 Å². The Morgan fingerprint density at radius 1 is 1.58 bits per heavy atom. The topological polar surface area (TPSA) is 38.3 Å². The second-order valence-electron chi connectivity index (χ2n) is 2.91. The largest absolute Gasteiger partial charge is 0.383 e. The summed E-state index contributed by atoms with van der Waals surface area (Å²) >= 11 is 0. The molecule has 0 spiro atoms. The lowest BCUT2D eigenvalue weighted by atomic mass is 10.2. The Morgan fingerprint density at radius 3 is 2.75 bits per heavy atom. The molecule has 0 fully saturated rings. The second kappa shape index (κ2) is 7.71. The highest BCUT2D eigenvalue weighted by Gasteiger charge is 2.01. The summed E-state index contributed by atoms with van der Waals surface area (Å²) in [6.07, 6.45) is 2.70. The number of hydrogen-bond acceptors (Lipinski definition) is 3. The summed E-state index contributed by atoms with van der Waals surface area (Å²) in [7, 11) is 1.02. The van der Waals surface area contributed by atoms with Gasteiger partial charge in [0, 0.05) is 42.5 Å².